The quantitative estimate of drug-likeness (QED) is 0.641. The lowest BCUT2D eigenvalue weighted by molar-refractivity contribution is -0.292. The maximum absolute atomic E-state index is 10.0. The van der Waals surface area contributed by atoms with E-state index in [2.05, 4.69) is 15.3 Å². The van der Waals surface area contributed by atoms with E-state index in [-0.39, 0.29) is 6.54 Å². The Morgan fingerprint density at radius 1 is 1.17 bits per heavy atom. The van der Waals surface area contributed by atoms with Crippen LogP contribution in [0, 0.1) is 0 Å². The van der Waals surface area contributed by atoms with E-state index in [1.54, 1.807) is 24.5 Å². The highest BCUT2D eigenvalue weighted by Gasteiger charge is 2.44. The number of hydrogen-bond donors (Lipinski definition) is 3. The van der Waals surface area contributed by atoms with Crippen LogP contribution in [0.25, 0.3) is 11.4 Å². The summed E-state index contributed by atoms with van der Waals surface area (Å²) in [5.41, 5.74) is 1.26. The Bertz CT molecular complexity index is 635. The molecule has 9 nitrogen and oxygen atoms in total. The van der Waals surface area contributed by atoms with E-state index in [4.69, 9.17) is 9.47 Å². The summed E-state index contributed by atoms with van der Waals surface area (Å²) in [6, 6.07) is 5.45. The van der Waals surface area contributed by atoms with Crippen LogP contribution in [0.1, 0.15) is 0 Å². The summed E-state index contributed by atoms with van der Waals surface area (Å²) >= 11 is 0. The van der Waals surface area contributed by atoms with Gasteiger partial charge in [0.25, 0.3) is 0 Å². The zero-order chi connectivity index (χ0) is 16.4. The topological polar surface area (TPSA) is 123 Å². The van der Waals surface area contributed by atoms with Gasteiger partial charge in [-0.2, -0.15) is 0 Å². The molecule has 0 amide bonds. The van der Waals surface area contributed by atoms with Crippen molar-refractivity contribution in [2.24, 2.45) is 0 Å². The van der Waals surface area contributed by atoms with Gasteiger partial charge in [0.05, 0.1) is 18.4 Å². The number of nitrogens with zero attached hydrogens (tertiary/aromatic N) is 4. The Morgan fingerprint density at radius 3 is 2.70 bits per heavy atom. The molecule has 1 saturated heterocycles. The molecule has 3 rings (SSSR count). The molecule has 1 aliphatic heterocycles. The Labute approximate surface area is 132 Å². The van der Waals surface area contributed by atoms with E-state index >= 15 is 0 Å². The van der Waals surface area contributed by atoms with Crippen LogP contribution < -0.4 is 0 Å². The van der Waals surface area contributed by atoms with Gasteiger partial charge in [-0.05, 0) is 12.1 Å². The smallest absolute Gasteiger partial charge is 0.186 e. The monoisotopic (exact) mass is 322 g/mol. The summed E-state index contributed by atoms with van der Waals surface area (Å²) in [5, 5.41) is 37.6. The van der Waals surface area contributed by atoms with Gasteiger partial charge in [-0.3, -0.25) is 4.98 Å². The Kier molecular flexibility index (Phi) is 4.64. The SMILES string of the molecule is CO[C@H]1O[C@H](Cn2cc(-c3ccccn3)nn2)[C@@H](O)[C@H](O)[C@H]1O. The van der Waals surface area contributed by atoms with Crippen LogP contribution in [-0.4, -0.2) is 73.1 Å². The molecule has 0 radical (unpaired) electrons. The third kappa shape index (κ3) is 3.23. The first-order valence-electron chi connectivity index (χ1n) is 7.14. The first-order valence-corrected chi connectivity index (χ1v) is 7.14. The van der Waals surface area contributed by atoms with Crippen molar-refractivity contribution < 1.29 is 24.8 Å². The Hall–Kier alpha value is -1.91. The summed E-state index contributed by atoms with van der Waals surface area (Å²) in [6.07, 6.45) is -2.43. The third-order valence-electron chi connectivity index (χ3n) is 3.73. The van der Waals surface area contributed by atoms with E-state index in [0.717, 1.165) is 0 Å². The van der Waals surface area contributed by atoms with Gasteiger partial charge in [0.15, 0.2) is 6.29 Å². The molecule has 0 bridgehead atoms. The van der Waals surface area contributed by atoms with Crippen molar-refractivity contribution in [1.82, 2.24) is 20.0 Å². The fourth-order valence-electron chi connectivity index (χ4n) is 2.47. The average Bonchev–Trinajstić information content (AvgIpc) is 3.05. The summed E-state index contributed by atoms with van der Waals surface area (Å²) in [4.78, 5) is 4.18. The fraction of sp³-hybridized carbons (Fsp3) is 0.500. The Balaban J connectivity index is 1.73. The van der Waals surface area contributed by atoms with Crippen molar-refractivity contribution in [2.75, 3.05) is 7.11 Å². The van der Waals surface area contributed by atoms with E-state index in [1.807, 2.05) is 6.07 Å². The minimum absolute atomic E-state index is 0.143. The van der Waals surface area contributed by atoms with Gasteiger partial charge in [0, 0.05) is 13.3 Å². The number of aromatic nitrogens is 4. The molecule has 2 aromatic heterocycles. The van der Waals surface area contributed by atoms with Gasteiger partial charge < -0.3 is 24.8 Å². The molecule has 1 fully saturated rings. The molecular weight excluding hydrogens is 304 g/mol. The maximum atomic E-state index is 10.0. The zero-order valence-corrected chi connectivity index (χ0v) is 12.4. The van der Waals surface area contributed by atoms with Crippen molar-refractivity contribution in [1.29, 1.82) is 0 Å². The van der Waals surface area contributed by atoms with Gasteiger partial charge >= 0.3 is 0 Å². The maximum Gasteiger partial charge on any atom is 0.186 e. The second-order valence-electron chi connectivity index (χ2n) is 5.29. The average molecular weight is 322 g/mol. The van der Waals surface area contributed by atoms with Crippen LogP contribution in [0.5, 0.6) is 0 Å². The van der Waals surface area contributed by atoms with E-state index in [0.29, 0.717) is 11.4 Å². The highest BCUT2D eigenvalue weighted by atomic mass is 16.7. The minimum atomic E-state index is -1.36. The molecule has 0 aliphatic carbocycles. The number of aliphatic hydroxyl groups excluding tert-OH is 3. The predicted molar refractivity (Wildman–Crippen MR) is 76.9 cm³/mol. The largest absolute Gasteiger partial charge is 0.388 e. The molecule has 3 N–H and O–H groups in total. The Morgan fingerprint density at radius 2 is 2.00 bits per heavy atom. The second-order valence-corrected chi connectivity index (χ2v) is 5.29. The zero-order valence-electron chi connectivity index (χ0n) is 12.4. The minimum Gasteiger partial charge on any atom is -0.388 e. The molecule has 1 aliphatic rings. The summed E-state index contributed by atoms with van der Waals surface area (Å²) in [6.45, 7) is 0.143. The second kappa shape index (κ2) is 6.69. The summed E-state index contributed by atoms with van der Waals surface area (Å²) in [7, 11) is 1.35. The molecule has 0 spiro atoms. The van der Waals surface area contributed by atoms with Gasteiger partial charge in [-0.15, -0.1) is 5.10 Å². The van der Waals surface area contributed by atoms with Gasteiger partial charge in [0.2, 0.25) is 0 Å². The molecule has 0 saturated carbocycles. The van der Waals surface area contributed by atoms with Crippen molar-refractivity contribution >= 4 is 0 Å². The lowest BCUT2D eigenvalue weighted by atomic mass is 9.99. The van der Waals surface area contributed by atoms with Gasteiger partial charge in [-0.25, -0.2) is 4.68 Å². The molecule has 0 unspecified atom stereocenters. The van der Waals surface area contributed by atoms with Crippen LogP contribution in [-0.2, 0) is 16.0 Å². The van der Waals surface area contributed by atoms with Crippen LogP contribution >= 0.6 is 0 Å². The van der Waals surface area contributed by atoms with Crippen molar-refractivity contribution in [2.45, 2.75) is 37.3 Å². The third-order valence-corrected chi connectivity index (χ3v) is 3.73. The van der Waals surface area contributed by atoms with E-state index < -0.39 is 30.7 Å². The number of hydrogen-bond acceptors (Lipinski definition) is 8. The normalized spacial score (nSPS) is 31.2. The highest BCUT2D eigenvalue weighted by molar-refractivity contribution is 5.51. The van der Waals surface area contributed by atoms with Crippen molar-refractivity contribution in [3.8, 4) is 11.4 Å². The number of pyridine rings is 1. The number of rotatable bonds is 4. The first kappa shape index (κ1) is 16.0. The highest BCUT2D eigenvalue weighted by Crippen LogP contribution is 2.23. The molecule has 124 valence electrons. The fourth-order valence-corrected chi connectivity index (χ4v) is 2.47. The molecule has 23 heavy (non-hydrogen) atoms. The van der Waals surface area contributed by atoms with Crippen molar-refractivity contribution in [3.63, 3.8) is 0 Å². The van der Waals surface area contributed by atoms with Gasteiger partial charge in [-0.1, -0.05) is 11.3 Å². The number of methoxy groups -OCH3 is 1. The van der Waals surface area contributed by atoms with Crippen LogP contribution in [0.15, 0.2) is 30.6 Å². The lowest BCUT2D eigenvalue weighted by Gasteiger charge is -2.39. The molecule has 2 aromatic rings. The lowest BCUT2D eigenvalue weighted by Crippen LogP contribution is -2.58. The predicted octanol–water partition coefficient (Wildman–Crippen LogP) is -1.21. The van der Waals surface area contributed by atoms with E-state index in [1.165, 1.54) is 11.8 Å². The molecule has 3 heterocycles. The molecule has 9 heteroatoms. The van der Waals surface area contributed by atoms with Crippen LogP contribution in [0.2, 0.25) is 0 Å². The van der Waals surface area contributed by atoms with Crippen molar-refractivity contribution in [3.05, 3.63) is 30.6 Å². The molecular formula is C14H18N4O5. The van der Waals surface area contributed by atoms with E-state index in [9.17, 15) is 15.3 Å². The summed E-state index contributed by atoms with van der Waals surface area (Å²) < 4.78 is 11.9. The van der Waals surface area contributed by atoms with Crippen LogP contribution in [0.3, 0.4) is 0 Å². The molecule has 0 aromatic carbocycles. The summed E-state index contributed by atoms with van der Waals surface area (Å²) in [5.74, 6) is 0. The standard InChI is InChI=1S/C14H18N4O5/c1-22-14-13(21)12(20)11(19)10(23-14)7-18-6-9(16-17-18)8-4-2-3-5-15-8/h2-6,10-14,19-21H,7H2,1H3/t10-,11-,12+,13-,14+/m1/s1. The van der Waals surface area contributed by atoms with Gasteiger partial charge in [0.1, 0.15) is 30.1 Å². The first-order chi connectivity index (χ1) is 11.1. The number of ether oxygens (including phenoxy) is 2. The molecule has 5 atom stereocenters. The number of aliphatic hydroxyl groups is 3. The van der Waals surface area contributed by atoms with Crippen LogP contribution in [0.4, 0.5) is 0 Å².